The maximum absolute atomic E-state index is 2.51. The third kappa shape index (κ3) is 4.97. The SMILES string of the molecule is CC1(C)c2ccccc2-c2ccc(-c3ccc(N(c4ccccc4-c4ccccc4)c4cc5cccc6c7cccc8ccc9cccc(c%10cccc4c%10c56)c9c87)cc3)cc21. The molecule has 13 rings (SSSR count). The molecule has 1 heteroatoms. The van der Waals surface area contributed by atoms with Gasteiger partial charge in [-0.05, 0) is 123 Å². The summed E-state index contributed by atoms with van der Waals surface area (Å²) in [6.07, 6.45) is 0. The lowest BCUT2D eigenvalue weighted by Gasteiger charge is -2.30. The second kappa shape index (κ2) is 13.1. The summed E-state index contributed by atoms with van der Waals surface area (Å²) in [6, 6.07) is 79.4. The molecule has 0 heterocycles. The summed E-state index contributed by atoms with van der Waals surface area (Å²) in [6.45, 7) is 4.72. The van der Waals surface area contributed by atoms with Crippen molar-refractivity contribution in [2.75, 3.05) is 4.90 Å². The molecule has 0 spiro atoms. The minimum Gasteiger partial charge on any atom is -0.309 e. The number of benzene rings is 11. The molecule has 12 aromatic carbocycles. The molecule has 62 heavy (non-hydrogen) atoms. The van der Waals surface area contributed by atoms with Gasteiger partial charge in [-0.15, -0.1) is 0 Å². The van der Waals surface area contributed by atoms with Crippen LogP contribution < -0.4 is 4.90 Å². The molecule has 0 aliphatic heterocycles. The molecule has 0 radical (unpaired) electrons. The Labute approximate surface area is 361 Å². The van der Waals surface area contributed by atoms with Crippen molar-refractivity contribution in [3.8, 4) is 33.4 Å². The highest BCUT2D eigenvalue weighted by molar-refractivity contribution is 6.38. The van der Waals surface area contributed by atoms with E-state index in [0.717, 1.165) is 17.1 Å². The first kappa shape index (κ1) is 35.1. The Morgan fingerprint density at radius 1 is 0.306 bits per heavy atom. The van der Waals surface area contributed by atoms with E-state index in [2.05, 4.69) is 231 Å². The van der Waals surface area contributed by atoms with E-state index in [0.29, 0.717) is 0 Å². The predicted octanol–water partition coefficient (Wildman–Crippen LogP) is 17.2. The van der Waals surface area contributed by atoms with E-state index in [1.807, 2.05) is 0 Å². The number of rotatable bonds is 5. The van der Waals surface area contributed by atoms with Gasteiger partial charge < -0.3 is 4.90 Å². The minimum absolute atomic E-state index is 0.0593. The van der Waals surface area contributed by atoms with E-state index < -0.39 is 0 Å². The molecule has 1 aliphatic rings. The van der Waals surface area contributed by atoms with Gasteiger partial charge in [-0.3, -0.25) is 0 Å². The second-order valence-electron chi connectivity index (χ2n) is 17.6. The van der Waals surface area contributed by atoms with Gasteiger partial charge in [0.05, 0.1) is 11.4 Å². The topological polar surface area (TPSA) is 3.24 Å². The van der Waals surface area contributed by atoms with Crippen molar-refractivity contribution in [3.05, 3.63) is 223 Å². The van der Waals surface area contributed by atoms with Crippen LogP contribution in [-0.4, -0.2) is 0 Å². The van der Waals surface area contributed by atoms with Gasteiger partial charge in [-0.2, -0.15) is 0 Å². The van der Waals surface area contributed by atoms with Crippen molar-refractivity contribution < 1.29 is 0 Å². The van der Waals surface area contributed by atoms with E-state index >= 15 is 0 Å². The van der Waals surface area contributed by atoms with Gasteiger partial charge in [0.1, 0.15) is 0 Å². The summed E-state index contributed by atoms with van der Waals surface area (Å²) < 4.78 is 0. The Balaban J connectivity index is 1.09. The standard InChI is InChI=1S/C61H41N/c1-61(2)53-26-8-6-20-46(53)47-35-32-42(36-54(47)61)38-30-33-44(34-31-38)62(55-27-9-7-19-45(55)39-14-4-3-5-15-39)56-37-43-18-12-23-49-48-21-10-16-40-28-29-41-17-11-22-50(58(41)57(40)48)51-24-13-25-52(56)60(51)59(43)49/h3-37H,1-2H3. The lowest BCUT2D eigenvalue weighted by atomic mass is 9.81. The number of anilines is 3. The van der Waals surface area contributed by atoms with Crippen LogP contribution in [0.5, 0.6) is 0 Å². The average Bonchev–Trinajstić information content (AvgIpc) is 3.56. The Hall–Kier alpha value is -7.74. The summed E-state index contributed by atoms with van der Waals surface area (Å²) >= 11 is 0. The molecule has 0 amide bonds. The molecule has 0 aromatic heterocycles. The Morgan fingerprint density at radius 3 is 1.55 bits per heavy atom. The van der Waals surface area contributed by atoms with E-state index in [1.165, 1.54) is 109 Å². The van der Waals surface area contributed by atoms with E-state index in [9.17, 15) is 0 Å². The number of para-hydroxylation sites is 1. The van der Waals surface area contributed by atoms with Gasteiger partial charge in [0.2, 0.25) is 0 Å². The lowest BCUT2D eigenvalue weighted by molar-refractivity contribution is 0.660. The van der Waals surface area contributed by atoms with Crippen molar-refractivity contribution in [2.24, 2.45) is 0 Å². The maximum Gasteiger partial charge on any atom is 0.0546 e. The fourth-order valence-electron chi connectivity index (χ4n) is 11.1. The number of hydrogen-bond donors (Lipinski definition) is 0. The third-order valence-corrected chi connectivity index (χ3v) is 14.0. The first-order valence-electron chi connectivity index (χ1n) is 21.8. The van der Waals surface area contributed by atoms with Crippen LogP contribution in [0, 0.1) is 0 Å². The Morgan fingerprint density at radius 2 is 0.839 bits per heavy atom. The van der Waals surface area contributed by atoms with Gasteiger partial charge in [0.15, 0.2) is 0 Å². The van der Waals surface area contributed by atoms with Crippen molar-refractivity contribution in [1.29, 1.82) is 0 Å². The van der Waals surface area contributed by atoms with Crippen LogP contribution in [0.25, 0.3) is 98.0 Å². The third-order valence-electron chi connectivity index (χ3n) is 14.0. The highest BCUT2D eigenvalue weighted by Gasteiger charge is 2.35. The van der Waals surface area contributed by atoms with E-state index in [-0.39, 0.29) is 5.41 Å². The van der Waals surface area contributed by atoms with Crippen LogP contribution in [0.4, 0.5) is 17.1 Å². The second-order valence-corrected chi connectivity index (χ2v) is 17.6. The normalized spacial score (nSPS) is 13.1. The van der Waals surface area contributed by atoms with Crippen LogP contribution in [-0.2, 0) is 5.41 Å². The molecule has 0 unspecified atom stereocenters. The molecule has 1 nitrogen and oxygen atoms in total. The van der Waals surface area contributed by atoms with Gasteiger partial charge in [-0.25, -0.2) is 0 Å². The molecule has 0 bridgehead atoms. The largest absolute Gasteiger partial charge is 0.309 e. The fraction of sp³-hybridized carbons (Fsp3) is 0.0492. The maximum atomic E-state index is 2.51. The Kier molecular flexibility index (Phi) is 7.42. The quantitative estimate of drug-likeness (QED) is 0.157. The van der Waals surface area contributed by atoms with E-state index in [4.69, 9.17) is 0 Å². The first-order chi connectivity index (χ1) is 30.5. The van der Waals surface area contributed by atoms with E-state index in [1.54, 1.807) is 0 Å². The lowest BCUT2D eigenvalue weighted by Crippen LogP contribution is -2.14. The van der Waals surface area contributed by atoms with Crippen molar-refractivity contribution in [2.45, 2.75) is 19.3 Å². The number of fused-ring (bicyclic) bond motifs is 5. The molecule has 0 atom stereocenters. The smallest absolute Gasteiger partial charge is 0.0546 e. The highest BCUT2D eigenvalue weighted by Crippen LogP contribution is 2.52. The molecule has 290 valence electrons. The number of hydrogen-bond acceptors (Lipinski definition) is 1. The van der Waals surface area contributed by atoms with Crippen LogP contribution in [0.15, 0.2) is 212 Å². The first-order valence-corrected chi connectivity index (χ1v) is 21.8. The monoisotopic (exact) mass is 787 g/mol. The highest BCUT2D eigenvalue weighted by atomic mass is 15.1. The summed E-state index contributed by atoms with van der Waals surface area (Å²) in [4.78, 5) is 2.51. The molecule has 0 saturated carbocycles. The zero-order chi connectivity index (χ0) is 41.1. The number of nitrogens with zero attached hydrogens (tertiary/aromatic N) is 1. The molecular weight excluding hydrogens is 747 g/mol. The molecule has 0 N–H and O–H groups in total. The molecule has 1 aliphatic carbocycles. The molecule has 12 aromatic rings. The van der Waals surface area contributed by atoms with Gasteiger partial charge >= 0.3 is 0 Å². The van der Waals surface area contributed by atoms with Crippen LogP contribution in [0.1, 0.15) is 25.0 Å². The Bertz CT molecular complexity index is 3760. The van der Waals surface area contributed by atoms with Crippen LogP contribution in [0.2, 0.25) is 0 Å². The van der Waals surface area contributed by atoms with Crippen molar-refractivity contribution in [1.82, 2.24) is 0 Å². The van der Waals surface area contributed by atoms with Gasteiger partial charge in [0.25, 0.3) is 0 Å². The van der Waals surface area contributed by atoms with Crippen molar-refractivity contribution in [3.63, 3.8) is 0 Å². The predicted molar refractivity (Wildman–Crippen MR) is 266 cm³/mol. The summed E-state index contributed by atoms with van der Waals surface area (Å²) in [5.41, 5.74) is 13.6. The van der Waals surface area contributed by atoms with Crippen LogP contribution in [0.3, 0.4) is 0 Å². The summed E-state index contributed by atoms with van der Waals surface area (Å²) in [7, 11) is 0. The summed E-state index contributed by atoms with van der Waals surface area (Å²) in [5, 5.41) is 15.3. The summed E-state index contributed by atoms with van der Waals surface area (Å²) in [5.74, 6) is 0. The fourth-order valence-corrected chi connectivity index (χ4v) is 11.1. The van der Waals surface area contributed by atoms with Crippen molar-refractivity contribution >= 4 is 81.7 Å². The van der Waals surface area contributed by atoms with Gasteiger partial charge in [-0.1, -0.05) is 196 Å². The minimum atomic E-state index is -0.0593. The van der Waals surface area contributed by atoms with Crippen LogP contribution >= 0.6 is 0 Å². The average molecular weight is 788 g/mol. The van der Waals surface area contributed by atoms with Gasteiger partial charge in [0, 0.05) is 27.4 Å². The zero-order valence-corrected chi connectivity index (χ0v) is 34.7. The molecular formula is C61H41N. The zero-order valence-electron chi connectivity index (χ0n) is 34.7. The molecule has 0 saturated heterocycles. The molecule has 0 fully saturated rings.